The van der Waals surface area contributed by atoms with E-state index < -0.39 is 10.0 Å². The monoisotopic (exact) mass is 290 g/mol. The predicted octanol–water partition coefficient (Wildman–Crippen LogP) is 1.01. The molecule has 2 rings (SSSR count). The molecule has 1 aliphatic rings. The van der Waals surface area contributed by atoms with Gasteiger partial charge in [-0.15, -0.1) is 11.3 Å². The third kappa shape index (κ3) is 2.75. The lowest BCUT2D eigenvalue weighted by atomic mass is 10.2. The van der Waals surface area contributed by atoms with Crippen molar-refractivity contribution >= 4 is 21.4 Å². The van der Waals surface area contributed by atoms with Crippen LogP contribution in [0.25, 0.3) is 0 Å². The zero-order chi connectivity index (χ0) is 13.2. The molecular formula is C11H18N2O3S2. The van der Waals surface area contributed by atoms with Crippen molar-refractivity contribution in [3.63, 3.8) is 0 Å². The highest BCUT2D eigenvalue weighted by molar-refractivity contribution is 7.89. The number of sulfonamides is 1. The number of nitrogens with two attached hydrogens (primary N) is 1. The van der Waals surface area contributed by atoms with Gasteiger partial charge in [-0.3, -0.25) is 0 Å². The molecule has 1 aromatic heterocycles. The summed E-state index contributed by atoms with van der Waals surface area (Å²) in [5.74, 6) is 0. The fraction of sp³-hybridized carbons (Fsp3) is 0.636. The molecule has 0 bridgehead atoms. The van der Waals surface area contributed by atoms with Crippen molar-refractivity contribution in [3.8, 4) is 0 Å². The van der Waals surface area contributed by atoms with Gasteiger partial charge in [-0.25, -0.2) is 8.42 Å². The Labute approximate surface area is 112 Å². The van der Waals surface area contributed by atoms with Gasteiger partial charge in [0.2, 0.25) is 10.0 Å². The first kappa shape index (κ1) is 14.0. The van der Waals surface area contributed by atoms with E-state index in [1.54, 1.807) is 11.4 Å². The Hall–Kier alpha value is -0.470. The highest BCUT2D eigenvalue weighted by Crippen LogP contribution is 2.24. The number of thiophene rings is 1. The molecule has 1 aromatic rings. The van der Waals surface area contributed by atoms with E-state index in [1.165, 1.54) is 15.6 Å². The molecule has 0 aliphatic carbocycles. The van der Waals surface area contributed by atoms with E-state index in [-0.39, 0.29) is 6.10 Å². The van der Waals surface area contributed by atoms with E-state index in [2.05, 4.69) is 0 Å². The Balaban J connectivity index is 2.19. The Morgan fingerprint density at radius 3 is 3.00 bits per heavy atom. The Morgan fingerprint density at radius 1 is 1.61 bits per heavy atom. The summed E-state index contributed by atoms with van der Waals surface area (Å²) < 4.78 is 31.8. The summed E-state index contributed by atoms with van der Waals surface area (Å²) in [5, 5.41) is 1.66. The molecule has 1 fully saturated rings. The van der Waals surface area contributed by atoms with Gasteiger partial charge >= 0.3 is 0 Å². The molecule has 0 spiro atoms. The molecule has 7 heteroatoms. The summed E-state index contributed by atoms with van der Waals surface area (Å²) in [6.07, 6.45) is 0.824. The maximum Gasteiger partial charge on any atom is 0.244 e. The van der Waals surface area contributed by atoms with Crippen LogP contribution in [0.2, 0.25) is 0 Å². The summed E-state index contributed by atoms with van der Waals surface area (Å²) in [6, 6.07) is 1.66. The molecule has 18 heavy (non-hydrogen) atoms. The maximum atomic E-state index is 12.4. The van der Waals surface area contributed by atoms with Crippen LogP contribution in [0.15, 0.2) is 16.3 Å². The summed E-state index contributed by atoms with van der Waals surface area (Å²) in [7, 11) is -3.39. The topological polar surface area (TPSA) is 72.6 Å². The van der Waals surface area contributed by atoms with Crippen LogP contribution < -0.4 is 5.73 Å². The standard InChI is InChI=1S/C11H18N2O3S2/c1-2-9-7-13(3-4-16-9)18(14,15)11-5-10(6-12)17-8-11/h5,8-9H,2-4,6-7,12H2,1H3. The molecule has 0 saturated carbocycles. The van der Waals surface area contributed by atoms with Gasteiger partial charge in [0.1, 0.15) is 0 Å². The number of rotatable bonds is 4. The van der Waals surface area contributed by atoms with E-state index >= 15 is 0 Å². The lowest BCUT2D eigenvalue weighted by molar-refractivity contribution is -0.00277. The summed E-state index contributed by atoms with van der Waals surface area (Å²) in [6.45, 7) is 3.70. The number of morpholine rings is 1. The highest BCUT2D eigenvalue weighted by Gasteiger charge is 2.30. The van der Waals surface area contributed by atoms with Crippen molar-refractivity contribution in [2.24, 2.45) is 5.73 Å². The second-order valence-corrected chi connectivity index (χ2v) is 7.15. The third-order valence-corrected chi connectivity index (χ3v) is 5.98. The minimum atomic E-state index is -3.39. The molecule has 1 unspecified atom stereocenters. The van der Waals surface area contributed by atoms with E-state index in [0.717, 1.165) is 11.3 Å². The van der Waals surface area contributed by atoms with Gasteiger partial charge in [-0.1, -0.05) is 6.92 Å². The van der Waals surface area contributed by atoms with Gasteiger partial charge in [0, 0.05) is 29.9 Å². The summed E-state index contributed by atoms with van der Waals surface area (Å²) in [4.78, 5) is 1.23. The van der Waals surface area contributed by atoms with Crippen LogP contribution in [0.1, 0.15) is 18.2 Å². The first-order valence-corrected chi connectivity index (χ1v) is 8.29. The molecule has 2 N–H and O–H groups in total. The maximum absolute atomic E-state index is 12.4. The number of hydrogen-bond acceptors (Lipinski definition) is 5. The minimum Gasteiger partial charge on any atom is -0.375 e. The van der Waals surface area contributed by atoms with E-state index in [9.17, 15) is 8.42 Å². The predicted molar refractivity (Wildman–Crippen MR) is 71.0 cm³/mol. The normalized spacial score (nSPS) is 22.2. The van der Waals surface area contributed by atoms with Gasteiger partial charge < -0.3 is 10.5 Å². The van der Waals surface area contributed by atoms with Crippen LogP contribution in [-0.2, 0) is 21.3 Å². The van der Waals surface area contributed by atoms with Crippen LogP contribution in [0, 0.1) is 0 Å². The van der Waals surface area contributed by atoms with Gasteiger partial charge in [0.25, 0.3) is 0 Å². The van der Waals surface area contributed by atoms with Crippen molar-refractivity contribution in [1.82, 2.24) is 4.31 Å². The number of ether oxygens (including phenoxy) is 1. The first-order chi connectivity index (χ1) is 8.57. The second-order valence-electron chi connectivity index (χ2n) is 4.22. The van der Waals surface area contributed by atoms with Crippen LogP contribution >= 0.6 is 11.3 Å². The van der Waals surface area contributed by atoms with Gasteiger partial charge in [0.05, 0.1) is 17.6 Å². The van der Waals surface area contributed by atoms with Crippen molar-refractivity contribution in [2.45, 2.75) is 30.9 Å². The molecule has 0 aromatic carbocycles. The zero-order valence-electron chi connectivity index (χ0n) is 10.3. The molecule has 102 valence electrons. The van der Waals surface area contributed by atoms with Crippen molar-refractivity contribution in [3.05, 3.63) is 16.3 Å². The van der Waals surface area contributed by atoms with E-state index in [0.29, 0.717) is 31.1 Å². The smallest absolute Gasteiger partial charge is 0.244 e. The van der Waals surface area contributed by atoms with Crippen LogP contribution in [0.4, 0.5) is 0 Å². The highest BCUT2D eigenvalue weighted by atomic mass is 32.2. The van der Waals surface area contributed by atoms with E-state index in [4.69, 9.17) is 10.5 Å². The fourth-order valence-corrected chi connectivity index (χ4v) is 4.51. The lowest BCUT2D eigenvalue weighted by Gasteiger charge is -2.31. The second kappa shape index (κ2) is 5.66. The largest absolute Gasteiger partial charge is 0.375 e. The van der Waals surface area contributed by atoms with Crippen molar-refractivity contribution in [1.29, 1.82) is 0 Å². The van der Waals surface area contributed by atoms with Crippen LogP contribution in [-0.4, -0.2) is 38.5 Å². The first-order valence-electron chi connectivity index (χ1n) is 5.97. The summed E-state index contributed by atoms with van der Waals surface area (Å²) >= 11 is 1.38. The molecule has 0 amide bonds. The molecule has 5 nitrogen and oxygen atoms in total. The van der Waals surface area contributed by atoms with Crippen LogP contribution in [0.3, 0.4) is 0 Å². The Bertz CT molecular complexity index is 498. The molecule has 1 saturated heterocycles. The summed E-state index contributed by atoms with van der Waals surface area (Å²) in [5.41, 5.74) is 5.51. The molecule has 1 aliphatic heterocycles. The quantitative estimate of drug-likeness (QED) is 0.898. The average molecular weight is 290 g/mol. The number of nitrogens with zero attached hydrogens (tertiary/aromatic N) is 1. The molecule has 1 atom stereocenters. The van der Waals surface area contributed by atoms with Crippen molar-refractivity contribution in [2.75, 3.05) is 19.7 Å². The lowest BCUT2D eigenvalue weighted by Crippen LogP contribution is -2.45. The minimum absolute atomic E-state index is 0.00106. The molecular weight excluding hydrogens is 272 g/mol. The number of hydrogen-bond donors (Lipinski definition) is 1. The Morgan fingerprint density at radius 2 is 2.39 bits per heavy atom. The molecule has 2 heterocycles. The SMILES string of the molecule is CCC1CN(S(=O)(=O)c2csc(CN)c2)CCO1. The Kier molecular flexibility index (Phi) is 4.39. The fourth-order valence-electron chi connectivity index (χ4n) is 1.91. The zero-order valence-corrected chi connectivity index (χ0v) is 12.0. The molecule has 0 radical (unpaired) electrons. The van der Waals surface area contributed by atoms with Gasteiger partial charge in [0.15, 0.2) is 0 Å². The average Bonchev–Trinajstić information content (AvgIpc) is 2.88. The van der Waals surface area contributed by atoms with E-state index in [1.807, 2.05) is 6.92 Å². The van der Waals surface area contributed by atoms with Gasteiger partial charge in [-0.2, -0.15) is 4.31 Å². The van der Waals surface area contributed by atoms with Crippen molar-refractivity contribution < 1.29 is 13.2 Å². The third-order valence-electron chi connectivity index (χ3n) is 3.03. The van der Waals surface area contributed by atoms with Gasteiger partial charge in [-0.05, 0) is 12.5 Å². The van der Waals surface area contributed by atoms with Crippen LogP contribution in [0.5, 0.6) is 0 Å².